The Hall–Kier alpha value is -0.730. The second-order valence-corrected chi connectivity index (χ2v) is 4.83. The number of carbonyl (C=O) groups is 1. The van der Waals surface area contributed by atoms with E-state index >= 15 is 0 Å². The molecule has 1 fully saturated rings. The Kier molecular flexibility index (Phi) is 7.85. The molecule has 0 amide bonds. The molecule has 17 heavy (non-hydrogen) atoms. The molecule has 0 radical (unpaired) electrons. The molecule has 3 nitrogen and oxygen atoms in total. The van der Waals surface area contributed by atoms with Gasteiger partial charge >= 0.3 is 6.16 Å². The van der Waals surface area contributed by atoms with Gasteiger partial charge in [0, 0.05) is 0 Å². The third-order valence-electron chi connectivity index (χ3n) is 3.33. The lowest BCUT2D eigenvalue weighted by atomic mass is 10.1. The molecule has 3 heteroatoms. The fourth-order valence-electron chi connectivity index (χ4n) is 2.35. The Morgan fingerprint density at radius 2 is 1.41 bits per heavy atom. The number of carbonyl (C=O) groups excluding carboxylic acids is 1. The summed E-state index contributed by atoms with van der Waals surface area (Å²) in [6.45, 7) is 2.20. The summed E-state index contributed by atoms with van der Waals surface area (Å²) in [4.78, 5) is 11.3. The monoisotopic (exact) mass is 242 g/mol. The van der Waals surface area contributed by atoms with Crippen LogP contribution in [0.4, 0.5) is 4.79 Å². The van der Waals surface area contributed by atoms with Crippen LogP contribution in [0.1, 0.15) is 71.1 Å². The van der Waals surface area contributed by atoms with Gasteiger partial charge in [0.1, 0.15) is 6.10 Å². The van der Waals surface area contributed by atoms with Gasteiger partial charge < -0.3 is 9.47 Å². The van der Waals surface area contributed by atoms with Crippen LogP contribution in [0.3, 0.4) is 0 Å². The van der Waals surface area contributed by atoms with Gasteiger partial charge in [-0.3, -0.25) is 0 Å². The van der Waals surface area contributed by atoms with E-state index in [2.05, 4.69) is 0 Å². The first kappa shape index (κ1) is 14.3. The van der Waals surface area contributed by atoms with Crippen molar-refractivity contribution < 1.29 is 14.3 Å². The topological polar surface area (TPSA) is 35.5 Å². The van der Waals surface area contributed by atoms with Crippen molar-refractivity contribution in [1.82, 2.24) is 0 Å². The molecular formula is C14H26O3. The third-order valence-corrected chi connectivity index (χ3v) is 3.33. The van der Waals surface area contributed by atoms with E-state index in [4.69, 9.17) is 9.47 Å². The highest BCUT2D eigenvalue weighted by Gasteiger charge is 2.15. The van der Waals surface area contributed by atoms with E-state index in [0.29, 0.717) is 6.61 Å². The normalized spacial score (nSPS) is 20.3. The molecule has 0 aromatic heterocycles. The summed E-state index contributed by atoms with van der Waals surface area (Å²) in [5.41, 5.74) is 0. The van der Waals surface area contributed by atoms with Crippen LogP contribution in [0.25, 0.3) is 0 Å². The van der Waals surface area contributed by atoms with Gasteiger partial charge in [-0.15, -0.1) is 0 Å². The average molecular weight is 242 g/mol. The van der Waals surface area contributed by atoms with Crippen LogP contribution < -0.4 is 0 Å². The highest BCUT2D eigenvalue weighted by molar-refractivity contribution is 5.60. The minimum atomic E-state index is -0.493. The third kappa shape index (κ3) is 7.24. The van der Waals surface area contributed by atoms with Crippen molar-refractivity contribution in [1.29, 1.82) is 0 Å². The van der Waals surface area contributed by atoms with E-state index in [-0.39, 0.29) is 6.10 Å². The molecule has 0 saturated heterocycles. The highest BCUT2D eigenvalue weighted by atomic mass is 16.7. The zero-order valence-electron chi connectivity index (χ0n) is 11.1. The van der Waals surface area contributed by atoms with Crippen LogP contribution in [0.5, 0.6) is 0 Å². The number of hydrogen-bond donors (Lipinski definition) is 0. The lowest BCUT2D eigenvalue weighted by Crippen LogP contribution is -2.19. The van der Waals surface area contributed by atoms with Crippen molar-refractivity contribution in [3.63, 3.8) is 0 Å². The minimum Gasteiger partial charge on any atom is -0.435 e. The molecule has 0 aromatic rings. The van der Waals surface area contributed by atoms with Gasteiger partial charge in [-0.1, -0.05) is 38.5 Å². The maximum absolute atomic E-state index is 11.3. The second kappa shape index (κ2) is 9.32. The molecule has 0 atom stereocenters. The van der Waals surface area contributed by atoms with Crippen molar-refractivity contribution >= 4 is 6.16 Å². The summed E-state index contributed by atoms with van der Waals surface area (Å²) in [6, 6.07) is 0. The summed E-state index contributed by atoms with van der Waals surface area (Å²) in [5.74, 6) is 0. The van der Waals surface area contributed by atoms with Gasteiger partial charge in [-0.25, -0.2) is 4.79 Å². The first-order chi connectivity index (χ1) is 8.33. The van der Waals surface area contributed by atoms with E-state index in [1.165, 1.54) is 51.4 Å². The summed E-state index contributed by atoms with van der Waals surface area (Å²) < 4.78 is 10.2. The SMILES string of the molecule is CCOC(=O)OC1CCCCCCCCCC1. The van der Waals surface area contributed by atoms with Crippen LogP contribution >= 0.6 is 0 Å². The van der Waals surface area contributed by atoms with Gasteiger partial charge in [0.15, 0.2) is 0 Å². The van der Waals surface area contributed by atoms with E-state index in [0.717, 1.165) is 12.8 Å². The van der Waals surface area contributed by atoms with E-state index in [9.17, 15) is 4.79 Å². The molecular weight excluding hydrogens is 216 g/mol. The maximum atomic E-state index is 11.3. The summed E-state index contributed by atoms with van der Waals surface area (Å²) in [6.07, 6.45) is 11.8. The van der Waals surface area contributed by atoms with E-state index in [1.54, 1.807) is 6.92 Å². The zero-order valence-corrected chi connectivity index (χ0v) is 11.1. The molecule has 0 bridgehead atoms. The van der Waals surface area contributed by atoms with Gasteiger partial charge in [0.25, 0.3) is 0 Å². The minimum absolute atomic E-state index is 0.0761. The largest absolute Gasteiger partial charge is 0.508 e. The fraction of sp³-hybridized carbons (Fsp3) is 0.929. The van der Waals surface area contributed by atoms with E-state index in [1.807, 2.05) is 0 Å². The second-order valence-electron chi connectivity index (χ2n) is 4.83. The van der Waals surface area contributed by atoms with Crippen LogP contribution in [-0.2, 0) is 9.47 Å². The van der Waals surface area contributed by atoms with Crippen molar-refractivity contribution in [2.75, 3.05) is 6.61 Å². The van der Waals surface area contributed by atoms with Crippen molar-refractivity contribution in [2.45, 2.75) is 77.2 Å². The number of rotatable bonds is 2. The standard InChI is InChI=1S/C14H26O3/c1-2-16-14(15)17-13-11-9-7-5-3-4-6-8-10-12-13/h13H,2-12H2,1H3. The van der Waals surface area contributed by atoms with Gasteiger partial charge in [-0.05, 0) is 32.6 Å². The first-order valence-corrected chi connectivity index (χ1v) is 7.16. The van der Waals surface area contributed by atoms with Gasteiger partial charge in [-0.2, -0.15) is 0 Å². The summed E-state index contributed by atoms with van der Waals surface area (Å²) in [5, 5.41) is 0. The Balaban J connectivity index is 2.29. The van der Waals surface area contributed by atoms with Crippen molar-refractivity contribution in [2.24, 2.45) is 0 Å². The van der Waals surface area contributed by atoms with Gasteiger partial charge in [0.2, 0.25) is 0 Å². The zero-order chi connectivity index (χ0) is 12.3. The Morgan fingerprint density at radius 1 is 0.941 bits per heavy atom. The lowest BCUT2D eigenvalue weighted by Gasteiger charge is -2.16. The molecule has 0 spiro atoms. The van der Waals surface area contributed by atoms with Crippen LogP contribution in [0.15, 0.2) is 0 Å². The molecule has 1 aliphatic rings. The molecule has 0 heterocycles. The summed E-state index contributed by atoms with van der Waals surface area (Å²) in [7, 11) is 0. The summed E-state index contributed by atoms with van der Waals surface area (Å²) >= 11 is 0. The average Bonchev–Trinajstić information content (AvgIpc) is 2.35. The van der Waals surface area contributed by atoms with Crippen LogP contribution in [-0.4, -0.2) is 18.9 Å². The number of ether oxygens (including phenoxy) is 2. The Labute approximate surface area is 105 Å². The smallest absolute Gasteiger partial charge is 0.435 e. The van der Waals surface area contributed by atoms with Crippen LogP contribution in [0.2, 0.25) is 0 Å². The number of hydrogen-bond acceptors (Lipinski definition) is 3. The Bertz CT molecular complexity index is 192. The van der Waals surface area contributed by atoms with Crippen LogP contribution in [0, 0.1) is 0 Å². The van der Waals surface area contributed by atoms with Crippen molar-refractivity contribution in [3.8, 4) is 0 Å². The Morgan fingerprint density at radius 3 is 1.88 bits per heavy atom. The highest BCUT2D eigenvalue weighted by Crippen LogP contribution is 2.19. The van der Waals surface area contributed by atoms with Crippen molar-refractivity contribution in [3.05, 3.63) is 0 Å². The molecule has 0 unspecified atom stereocenters. The van der Waals surface area contributed by atoms with E-state index < -0.39 is 6.16 Å². The molecule has 1 saturated carbocycles. The molecule has 100 valence electrons. The van der Waals surface area contributed by atoms with Gasteiger partial charge in [0.05, 0.1) is 6.61 Å². The molecule has 0 aliphatic heterocycles. The molecule has 0 N–H and O–H groups in total. The quantitative estimate of drug-likeness (QED) is 0.671. The predicted molar refractivity (Wildman–Crippen MR) is 68.1 cm³/mol. The molecule has 0 aromatic carbocycles. The maximum Gasteiger partial charge on any atom is 0.508 e. The molecule has 1 rings (SSSR count). The first-order valence-electron chi connectivity index (χ1n) is 7.16. The predicted octanol–water partition coefficient (Wildman–Crippen LogP) is 4.44. The molecule has 1 aliphatic carbocycles. The fourth-order valence-corrected chi connectivity index (χ4v) is 2.35. The lowest BCUT2D eigenvalue weighted by molar-refractivity contribution is 0.0190.